The molecule has 1 amide bonds. The van der Waals surface area contributed by atoms with E-state index in [2.05, 4.69) is 10.0 Å². The SMILES string of the molecule is CC[C@@H](C)NS(=O)(=O)c1ccc(NC(=O)c2ccccc2SCCOC)cc1. The molecule has 0 radical (unpaired) electrons. The maximum absolute atomic E-state index is 12.6. The van der Waals surface area contributed by atoms with Gasteiger partial charge in [-0.05, 0) is 49.7 Å². The van der Waals surface area contributed by atoms with Gasteiger partial charge >= 0.3 is 0 Å². The lowest BCUT2D eigenvalue weighted by Crippen LogP contribution is -2.31. The van der Waals surface area contributed by atoms with Crippen molar-refractivity contribution in [2.45, 2.75) is 36.1 Å². The molecule has 0 aliphatic carbocycles. The van der Waals surface area contributed by atoms with Crippen LogP contribution >= 0.6 is 11.8 Å². The molecule has 2 rings (SSSR count). The van der Waals surface area contributed by atoms with Gasteiger partial charge in [-0.15, -0.1) is 11.8 Å². The van der Waals surface area contributed by atoms with Crippen molar-refractivity contribution in [1.29, 1.82) is 0 Å². The van der Waals surface area contributed by atoms with Crippen molar-refractivity contribution in [1.82, 2.24) is 4.72 Å². The molecule has 0 saturated heterocycles. The third-order valence-corrected chi connectivity index (χ3v) is 6.71. The molecule has 0 unspecified atom stereocenters. The van der Waals surface area contributed by atoms with Gasteiger partial charge in [-0.1, -0.05) is 19.1 Å². The Labute approximate surface area is 171 Å². The van der Waals surface area contributed by atoms with Gasteiger partial charge in [0.2, 0.25) is 10.0 Å². The quantitative estimate of drug-likeness (QED) is 0.450. The number of hydrogen-bond donors (Lipinski definition) is 2. The lowest BCUT2D eigenvalue weighted by atomic mass is 10.2. The molecule has 2 aromatic carbocycles. The molecule has 1 atom stereocenters. The minimum Gasteiger partial charge on any atom is -0.384 e. The fourth-order valence-electron chi connectivity index (χ4n) is 2.35. The number of hydrogen-bond acceptors (Lipinski definition) is 5. The second kappa shape index (κ2) is 10.6. The summed E-state index contributed by atoms with van der Waals surface area (Å²) in [6.07, 6.45) is 0.704. The summed E-state index contributed by atoms with van der Waals surface area (Å²) in [6, 6.07) is 13.4. The van der Waals surface area contributed by atoms with Crippen molar-refractivity contribution in [3.8, 4) is 0 Å². The van der Waals surface area contributed by atoms with Crippen LogP contribution in [0.5, 0.6) is 0 Å². The van der Waals surface area contributed by atoms with Crippen molar-refractivity contribution in [2.24, 2.45) is 0 Å². The van der Waals surface area contributed by atoms with Gasteiger partial charge in [-0.3, -0.25) is 4.79 Å². The molecule has 0 aliphatic rings. The van der Waals surface area contributed by atoms with Crippen molar-refractivity contribution >= 4 is 33.4 Å². The number of sulfonamides is 1. The second-order valence-corrected chi connectivity index (χ2v) is 9.10. The Hall–Kier alpha value is -1.87. The molecule has 152 valence electrons. The fraction of sp³-hybridized carbons (Fsp3) is 0.350. The zero-order chi connectivity index (χ0) is 20.6. The summed E-state index contributed by atoms with van der Waals surface area (Å²) in [5, 5.41) is 2.82. The van der Waals surface area contributed by atoms with E-state index in [0.717, 1.165) is 10.6 Å². The highest BCUT2D eigenvalue weighted by Gasteiger charge is 2.17. The second-order valence-electron chi connectivity index (χ2n) is 6.25. The van der Waals surface area contributed by atoms with Crippen LogP contribution in [0.15, 0.2) is 58.3 Å². The fourth-order valence-corrected chi connectivity index (χ4v) is 4.63. The minimum absolute atomic E-state index is 0.142. The Kier molecular flexibility index (Phi) is 8.50. The maximum Gasteiger partial charge on any atom is 0.256 e. The van der Waals surface area contributed by atoms with Crippen LogP contribution in [0.3, 0.4) is 0 Å². The molecule has 2 aromatic rings. The molecular weight excluding hydrogens is 396 g/mol. The number of nitrogens with one attached hydrogen (secondary N) is 2. The monoisotopic (exact) mass is 422 g/mol. The van der Waals surface area contributed by atoms with Crippen LogP contribution < -0.4 is 10.0 Å². The van der Waals surface area contributed by atoms with E-state index in [4.69, 9.17) is 4.74 Å². The molecule has 28 heavy (non-hydrogen) atoms. The largest absolute Gasteiger partial charge is 0.384 e. The van der Waals surface area contributed by atoms with Crippen LogP contribution in [-0.4, -0.2) is 39.8 Å². The molecule has 0 bridgehead atoms. The molecular formula is C20H26N2O4S2. The van der Waals surface area contributed by atoms with Crippen LogP contribution in [0, 0.1) is 0 Å². The number of benzene rings is 2. The first-order valence-electron chi connectivity index (χ1n) is 9.02. The zero-order valence-electron chi connectivity index (χ0n) is 16.3. The highest BCUT2D eigenvalue weighted by atomic mass is 32.2. The lowest BCUT2D eigenvalue weighted by Gasteiger charge is -2.13. The van der Waals surface area contributed by atoms with E-state index in [1.807, 2.05) is 32.0 Å². The summed E-state index contributed by atoms with van der Waals surface area (Å²) in [7, 11) is -1.93. The summed E-state index contributed by atoms with van der Waals surface area (Å²) in [4.78, 5) is 13.7. The van der Waals surface area contributed by atoms with E-state index in [0.29, 0.717) is 24.3 Å². The van der Waals surface area contributed by atoms with Gasteiger partial charge in [-0.2, -0.15) is 0 Å². The molecule has 0 aromatic heterocycles. The van der Waals surface area contributed by atoms with Gasteiger partial charge in [0.25, 0.3) is 5.91 Å². The Morgan fingerprint density at radius 3 is 2.46 bits per heavy atom. The summed E-state index contributed by atoms with van der Waals surface area (Å²) >= 11 is 1.55. The number of ether oxygens (including phenoxy) is 1. The Morgan fingerprint density at radius 1 is 1.14 bits per heavy atom. The third kappa shape index (κ3) is 6.34. The van der Waals surface area contributed by atoms with E-state index >= 15 is 0 Å². The number of carbonyl (C=O) groups is 1. The maximum atomic E-state index is 12.6. The molecule has 0 aliphatic heterocycles. The van der Waals surface area contributed by atoms with Gasteiger partial charge in [0.1, 0.15) is 0 Å². The number of carbonyl (C=O) groups excluding carboxylic acids is 1. The first-order valence-corrected chi connectivity index (χ1v) is 11.5. The molecule has 8 heteroatoms. The first kappa shape index (κ1) is 22.4. The van der Waals surface area contributed by atoms with Crippen LogP contribution in [0.25, 0.3) is 0 Å². The molecule has 0 heterocycles. The topological polar surface area (TPSA) is 84.5 Å². The highest BCUT2D eigenvalue weighted by molar-refractivity contribution is 7.99. The Morgan fingerprint density at radius 2 is 1.82 bits per heavy atom. The Bertz CT molecular complexity index is 883. The van der Waals surface area contributed by atoms with Gasteiger partial charge in [0.15, 0.2) is 0 Å². The standard InChI is InChI=1S/C20H26N2O4S2/c1-4-15(2)22-28(24,25)17-11-9-16(10-12-17)21-20(23)18-7-5-6-8-19(18)27-14-13-26-3/h5-12,15,22H,4,13-14H2,1-3H3,(H,21,23)/t15-/m1/s1. The normalized spacial score (nSPS) is 12.5. The third-order valence-electron chi connectivity index (χ3n) is 4.07. The molecule has 2 N–H and O–H groups in total. The molecule has 0 saturated carbocycles. The predicted molar refractivity (Wildman–Crippen MR) is 114 cm³/mol. The van der Waals surface area contributed by atoms with E-state index in [9.17, 15) is 13.2 Å². The molecule has 0 fully saturated rings. The van der Waals surface area contributed by atoms with Crippen molar-refractivity contribution in [3.63, 3.8) is 0 Å². The predicted octanol–water partition coefficient (Wildman–Crippen LogP) is 3.75. The average molecular weight is 423 g/mol. The van der Waals surface area contributed by atoms with Crippen molar-refractivity contribution in [3.05, 3.63) is 54.1 Å². The van der Waals surface area contributed by atoms with Crippen molar-refractivity contribution < 1.29 is 17.9 Å². The van der Waals surface area contributed by atoms with Crippen LogP contribution in [0.1, 0.15) is 30.6 Å². The summed E-state index contributed by atoms with van der Waals surface area (Å²) in [5.74, 6) is 0.505. The number of anilines is 1. The smallest absolute Gasteiger partial charge is 0.256 e. The number of rotatable bonds is 10. The van der Waals surface area contributed by atoms with Crippen LogP contribution in [0.4, 0.5) is 5.69 Å². The summed E-state index contributed by atoms with van der Waals surface area (Å²) in [6.45, 7) is 4.33. The highest BCUT2D eigenvalue weighted by Crippen LogP contribution is 2.24. The van der Waals surface area contributed by atoms with E-state index < -0.39 is 10.0 Å². The minimum atomic E-state index is -3.57. The summed E-state index contributed by atoms with van der Waals surface area (Å²) in [5.41, 5.74) is 1.10. The van der Waals surface area contributed by atoms with E-state index in [-0.39, 0.29) is 16.8 Å². The van der Waals surface area contributed by atoms with Gasteiger partial charge in [0, 0.05) is 29.5 Å². The number of amides is 1. The van der Waals surface area contributed by atoms with Crippen molar-refractivity contribution in [2.75, 3.05) is 24.8 Å². The van der Waals surface area contributed by atoms with Gasteiger partial charge in [-0.25, -0.2) is 13.1 Å². The van der Waals surface area contributed by atoms with Gasteiger partial charge < -0.3 is 10.1 Å². The molecule has 6 nitrogen and oxygen atoms in total. The lowest BCUT2D eigenvalue weighted by molar-refractivity contribution is 0.102. The zero-order valence-corrected chi connectivity index (χ0v) is 17.9. The number of thioether (sulfide) groups is 1. The molecule has 0 spiro atoms. The first-order chi connectivity index (χ1) is 13.4. The average Bonchev–Trinajstić information content (AvgIpc) is 2.68. The van der Waals surface area contributed by atoms with E-state index in [1.54, 1.807) is 37.1 Å². The van der Waals surface area contributed by atoms with Crippen LogP contribution in [0.2, 0.25) is 0 Å². The number of methoxy groups -OCH3 is 1. The van der Waals surface area contributed by atoms with E-state index in [1.165, 1.54) is 12.1 Å². The Balaban J connectivity index is 2.09. The summed E-state index contributed by atoms with van der Waals surface area (Å²) < 4.78 is 32.3. The van der Waals surface area contributed by atoms with Gasteiger partial charge in [0.05, 0.1) is 17.1 Å². The van der Waals surface area contributed by atoms with Crippen LogP contribution in [-0.2, 0) is 14.8 Å².